The van der Waals surface area contributed by atoms with Gasteiger partial charge in [-0.25, -0.2) is 8.42 Å². The van der Waals surface area contributed by atoms with Gasteiger partial charge in [0, 0.05) is 34.5 Å². The third-order valence-corrected chi connectivity index (χ3v) is 8.51. The summed E-state index contributed by atoms with van der Waals surface area (Å²) in [7, 11) is -4.53. The lowest BCUT2D eigenvalue weighted by molar-refractivity contribution is 0.463. The fourth-order valence-electron chi connectivity index (χ4n) is 4.12. The normalized spacial score (nSPS) is 11.5. The summed E-state index contributed by atoms with van der Waals surface area (Å²) in [6.45, 7) is 8.36. The molecule has 4 rings (SSSR count). The number of aryl methyl sites for hydroxylation is 1. The van der Waals surface area contributed by atoms with Crippen LogP contribution in [0.5, 0.6) is 0 Å². The first-order valence-electron chi connectivity index (χ1n) is 10.7. The van der Waals surface area contributed by atoms with E-state index in [0.29, 0.717) is 0 Å². The maximum Gasteiger partial charge on any atom is 0.169 e. The predicted molar refractivity (Wildman–Crippen MR) is 136 cm³/mol. The zero-order valence-electron chi connectivity index (χ0n) is 19.1. The van der Waals surface area contributed by atoms with Gasteiger partial charge in [0.15, 0.2) is 9.79 Å². The Labute approximate surface area is 200 Å². The SMILES string of the molecule is Cc1ccc(S(=O)(=O)[O-])cc1[SH+]c1c(C)c(C)c(C)c(-c2ccccc2)c1-c1ccccc1. The molecule has 0 unspecified atom stereocenters. The molecule has 33 heavy (non-hydrogen) atoms. The van der Waals surface area contributed by atoms with E-state index in [-0.39, 0.29) is 4.90 Å². The van der Waals surface area contributed by atoms with Crippen LogP contribution in [0.4, 0.5) is 0 Å². The van der Waals surface area contributed by atoms with Crippen LogP contribution in [-0.4, -0.2) is 13.0 Å². The van der Waals surface area contributed by atoms with Crippen molar-refractivity contribution in [1.82, 2.24) is 0 Å². The largest absolute Gasteiger partial charge is 0.744 e. The molecule has 0 heterocycles. The summed E-state index contributed by atoms with van der Waals surface area (Å²) in [6.07, 6.45) is 0. The van der Waals surface area contributed by atoms with Crippen LogP contribution in [0.15, 0.2) is 93.5 Å². The molecule has 0 aromatic heterocycles. The van der Waals surface area contributed by atoms with Gasteiger partial charge < -0.3 is 4.55 Å². The Balaban J connectivity index is 2.05. The minimum atomic E-state index is -4.53. The molecule has 0 saturated carbocycles. The Morgan fingerprint density at radius 3 is 1.76 bits per heavy atom. The smallest absolute Gasteiger partial charge is 0.169 e. The van der Waals surface area contributed by atoms with Crippen molar-refractivity contribution in [2.75, 3.05) is 0 Å². The highest BCUT2D eigenvalue weighted by Gasteiger charge is 2.27. The quantitative estimate of drug-likeness (QED) is 0.191. The number of benzene rings is 4. The van der Waals surface area contributed by atoms with Gasteiger partial charge in [-0.05, 0) is 61.6 Å². The summed E-state index contributed by atoms with van der Waals surface area (Å²) in [5, 5.41) is 0. The Morgan fingerprint density at radius 2 is 1.21 bits per heavy atom. The Kier molecular flexibility index (Phi) is 6.48. The van der Waals surface area contributed by atoms with E-state index in [1.54, 1.807) is 6.07 Å². The topological polar surface area (TPSA) is 57.2 Å². The average Bonchev–Trinajstić information content (AvgIpc) is 2.80. The first kappa shape index (κ1) is 23.3. The van der Waals surface area contributed by atoms with E-state index in [0.717, 1.165) is 43.8 Å². The van der Waals surface area contributed by atoms with Crippen LogP contribution in [0.1, 0.15) is 22.3 Å². The molecule has 5 heteroatoms. The fourth-order valence-corrected chi connectivity index (χ4v) is 6.08. The van der Waals surface area contributed by atoms with E-state index in [9.17, 15) is 13.0 Å². The molecule has 0 radical (unpaired) electrons. The number of thiol groups is 1. The van der Waals surface area contributed by atoms with Crippen LogP contribution in [0.3, 0.4) is 0 Å². The molecule has 0 amide bonds. The van der Waals surface area contributed by atoms with E-state index in [4.69, 9.17) is 0 Å². The molecule has 0 saturated heterocycles. The maximum atomic E-state index is 11.7. The highest BCUT2D eigenvalue weighted by Crippen LogP contribution is 2.43. The lowest BCUT2D eigenvalue weighted by atomic mass is 9.86. The molecule has 0 bridgehead atoms. The molecule has 0 fully saturated rings. The van der Waals surface area contributed by atoms with Crippen LogP contribution in [0.25, 0.3) is 22.3 Å². The van der Waals surface area contributed by atoms with Crippen molar-refractivity contribution >= 4 is 21.9 Å². The molecule has 4 aromatic rings. The Hall–Kier alpha value is -2.86. The monoisotopic (exact) mass is 474 g/mol. The number of rotatable bonds is 5. The van der Waals surface area contributed by atoms with Crippen molar-refractivity contribution in [3.8, 4) is 22.3 Å². The van der Waals surface area contributed by atoms with Gasteiger partial charge in [-0.2, -0.15) is 0 Å². The van der Waals surface area contributed by atoms with Crippen LogP contribution in [-0.2, 0) is 21.9 Å². The van der Waals surface area contributed by atoms with Crippen molar-refractivity contribution in [3.63, 3.8) is 0 Å². The summed E-state index contributed by atoms with van der Waals surface area (Å²) in [5.41, 5.74) is 9.11. The first-order chi connectivity index (χ1) is 15.7. The van der Waals surface area contributed by atoms with Crippen molar-refractivity contribution in [2.24, 2.45) is 0 Å². The second kappa shape index (κ2) is 9.18. The molecule has 168 valence electrons. The summed E-state index contributed by atoms with van der Waals surface area (Å²) in [6, 6.07) is 25.3. The third kappa shape index (κ3) is 4.62. The van der Waals surface area contributed by atoms with E-state index < -0.39 is 10.1 Å². The molecule has 0 aliphatic heterocycles. The van der Waals surface area contributed by atoms with Gasteiger partial charge in [0.05, 0.1) is 4.90 Å². The molecule has 0 atom stereocenters. The van der Waals surface area contributed by atoms with Crippen molar-refractivity contribution in [1.29, 1.82) is 0 Å². The van der Waals surface area contributed by atoms with Gasteiger partial charge >= 0.3 is 0 Å². The molecular formula is C28H26O3S2. The number of hydrogen-bond donors (Lipinski definition) is 0. The molecule has 0 aliphatic rings. The lowest BCUT2D eigenvalue weighted by Gasteiger charge is -2.20. The van der Waals surface area contributed by atoms with Gasteiger partial charge in [0.25, 0.3) is 0 Å². The second-order valence-corrected chi connectivity index (χ2v) is 10.8. The summed E-state index contributed by atoms with van der Waals surface area (Å²) < 4.78 is 35.1. The minimum absolute atomic E-state index is 0.193. The van der Waals surface area contributed by atoms with Gasteiger partial charge in [-0.3, -0.25) is 0 Å². The average molecular weight is 475 g/mol. The van der Waals surface area contributed by atoms with Gasteiger partial charge in [-0.15, -0.1) is 0 Å². The van der Waals surface area contributed by atoms with E-state index in [1.165, 1.54) is 34.4 Å². The lowest BCUT2D eigenvalue weighted by Crippen LogP contribution is -2.05. The number of hydrogen-bond acceptors (Lipinski definition) is 3. The van der Waals surface area contributed by atoms with Crippen molar-refractivity contribution in [2.45, 2.75) is 42.4 Å². The molecule has 0 aliphatic carbocycles. The summed E-state index contributed by atoms with van der Waals surface area (Å²) in [4.78, 5) is 1.74. The van der Waals surface area contributed by atoms with Crippen LogP contribution >= 0.6 is 0 Å². The molecule has 0 spiro atoms. The van der Waals surface area contributed by atoms with Crippen LogP contribution < -0.4 is 0 Å². The standard InChI is InChI=1S/C28H26O3S2/c1-18-15-16-24(33(29,30)31)17-25(18)32-28-21(4)19(2)20(3)26(22-11-7-5-8-12-22)27(28)23-13-9-6-10-14-23/h5-17H,1-4H3,(H,29,30,31). The second-order valence-electron chi connectivity index (χ2n) is 8.22. The minimum Gasteiger partial charge on any atom is -0.744 e. The van der Waals surface area contributed by atoms with Crippen molar-refractivity contribution in [3.05, 3.63) is 101 Å². The Bertz CT molecular complexity index is 1430. The van der Waals surface area contributed by atoms with E-state index in [2.05, 4.69) is 45.0 Å². The fraction of sp³-hybridized carbons (Fsp3) is 0.143. The van der Waals surface area contributed by atoms with Gasteiger partial charge in [0.1, 0.15) is 10.1 Å². The predicted octanol–water partition coefficient (Wildman–Crippen LogP) is 6.39. The van der Waals surface area contributed by atoms with E-state index >= 15 is 0 Å². The van der Waals surface area contributed by atoms with Crippen LogP contribution in [0, 0.1) is 27.7 Å². The zero-order chi connectivity index (χ0) is 23.8. The van der Waals surface area contributed by atoms with Crippen molar-refractivity contribution < 1.29 is 13.0 Å². The molecular weight excluding hydrogens is 448 g/mol. The highest BCUT2D eigenvalue weighted by molar-refractivity contribution is 7.85. The van der Waals surface area contributed by atoms with Gasteiger partial charge in [-0.1, -0.05) is 66.7 Å². The highest BCUT2D eigenvalue weighted by atomic mass is 32.2. The molecule has 4 aromatic carbocycles. The van der Waals surface area contributed by atoms with Crippen LogP contribution in [0.2, 0.25) is 0 Å². The molecule has 0 N–H and O–H groups in total. The maximum absolute atomic E-state index is 11.7. The summed E-state index contributed by atoms with van der Waals surface area (Å²) in [5.74, 6) is 0. The summed E-state index contributed by atoms with van der Waals surface area (Å²) >= 11 is 0.863. The first-order valence-corrected chi connectivity index (χ1v) is 13.0. The zero-order valence-corrected chi connectivity index (χ0v) is 20.8. The third-order valence-electron chi connectivity index (χ3n) is 6.17. The Morgan fingerprint density at radius 1 is 0.667 bits per heavy atom. The van der Waals surface area contributed by atoms with Gasteiger partial charge in [0.2, 0.25) is 0 Å². The molecule has 3 nitrogen and oxygen atoms in total. The van der Waals surface area contributed by atoms with E-state index in [1.807, 2.05) is 43.3 Å².